The van der Waals surface area contributed by atoms with Crippen LogP contribution in [0.1, 0.15) is 10.5 Å². The zero-order valence-corrected chi connectivity index (χ0v) is 16.2. The van der Waals surface area contributed by atoms with Gasteiger partial charge in [0.05, 0.1) is 11.2 Å². The van der Waals surface area contributed by atoms with Gasteiger partial charge < -0.3 is 9.47 Å². The van der Waals surface area contributed by atoms with E-state index in [0.717, 1.165) is 0 Å². The predicted molar refractivity (Wildman–Crippen MR) is 107 cm³/mol. The molecule has 9 heteroatoms. The van der Waals surface area contributed by atoms with E-state index < -0.39 is 11.4 Å². The summed E-state index contributed by atoms with van der Waals surface area (Å²) in [6.45, 7) is 0. The van der Waals surface area contributed by atoms with Crippen LogP contribution in [0.15, 0.2) is 47.5 Å². The maximum Gasteiger partial charge on any atom is 0.296 e. The van der Waals surface area contributed by atoms with Crippen molar-refractivity contribution in [3.8, 4) is 5.69 Å². The third-order valence-electron chi connectivity index (χ3n) is 4.51. The first-order chi connectivity index (χ1) is 12.9. The molecule has 144 valence electrons. The van der Waals surface area contributed by atoms with Gasteiger partial charge in [0, 0.05) is 44.3 Å². The summed E-state index contributed by atoms with van der Waals surface area (Å²) in [7, 11) is 4.90. The fraction of sp³-hybridized carbons (Fsp3) is 0.158. The molecule has 0 unspecified atom stereocenters. The summed E-state index contributed by atoms with van der Waals surface area (Å²) in [5.41, 5.74) is 1.02. The number of aryl methyl sites for hydroxylation is 1. The minimum absolute atomic E-state index is 0. The zero-order valence-electron chi connectivity index (χ0n) is 15.4. The molecule has 0 aliphatic rings. The standard InChI is InChI=1S/C19H16FN5O2.ClH/c1-23(2)18(26)16-15-13-5-4-11(20)10-14(13)24(3)17(15)19(27)25(22-16)12-6-8-21-9-7-12;/h4-10H,1-3H3;1H. The maximum absolute atomic E-state index is 13.8. The molecule has 0 fully saturated rings. The zero-order chi connectivity index (χ0) is 19.3. The highest BCUT2D eigenvalue weighted by Crippen LogP contribution is 2.29. The van der Waals surface area contributed by atoms with Crippen molar-refractivity contribution in [2.75, 3.05) is 14.1 Å². The number of nitrogens with zero attached hydrogens (tertiary/aromatic N) is 5. The smallest absolute Gasteiger partial charge is 0.296 e. The van der Waals surface area contributed by atoms with Crippen LogP contribution in [0.5, 0.6) is 0 Å². The van der Waals surface area contributed by atoms with E-state index in [-0.39, 0.29) is 29.5 Å². The number of halogens is 2. The first-order valence-electron chi connectivity index (χ1n) is 8.23. The van der Waals surface area contributed by atoms with Crippen molar-refractivity contribution >= 4 is 40.1 Å². The second-order valence-corrected chi connectivity index (χ2v) is 6.41. The Hall–Kier alpha value is -3.26. The summed E-state index contributed by atoms with van der Waals surface area (Å²) in [6.07, 6.45) is 3.08. The summed E-state index contributed by atoms with van der Waals surface area (Å²) >= 11 is 0. The number of benzene rings is 1. The molecule has 0 N–H and O–H groups in total. The molecule has 4 aromatic rings. The van der Waals surface area contributed by atoms with Crippen LogP contribution in [-0.2, 0) is 7.05 Å². The van der Waals surface area contributed by atoms with Gasteiger partial charge in [-0.15, -0.1) is 12.4 Å². The minimum atomic E-state index is -0.420. The van der Waals surface area contributed by atoms with E-state index in [0.29, 0.717) is 22.0 Å². The molecule has 1 amide bonds. The summed E-state index contributed by atoms with van der Waals surface area (Å²) in [6, 6.07) is 7.48. The largest absolute Gasteiger partial charge is 0.343 e. The Morgan fingerprint density at radius 3 is 2.46 bits per heavy atom. The Bertz CT molecular complexity index is 1260. The van der Waals surface area contributed by atoms with Crippen molar-refractivity contribution in [2.24, 2.45) is 7.05 Å². The lowest BCUT2D eigenvalue weighted by Gasteiger charge is -2.13. The van der Waals surface area contributed by atoms with Crippen molar-refractivity contribution in [1.82, 2.24) is 24.2 Å². The first-order valence-corrected chi connectivity index (χ1v) is 8.23. The van der Waals surface area contributed by atoms with Gasteiger partial charge in [0.2, 0.25) is 0 Å². The van der Waals surface area contributed by atoms with Crippen molar-refractivity contribution in [3.63, 3.8) is 0 Å². The predicted octanol–water partition coefficient (Wildman–Crippen LogP) is 2.54. The van der Waals surface area contributed by atoms with Crippen LogP contribution in [-0.4, -0.2) is 44.2 Å². The Morgan fingerprint density at radius 1 is 1.14 bits per heavy atom. The number of hydrogen-bond acceptors (Lipinski definition) is 4. The molecule has 0 saturated carbocycles. The third-order valence-corrected chi connectivity index (χ3v) is 4.51. The second kappa shape index (κ2) is 7.05. The number of rotatable bonds is 2. The van der Waals surface area contributed by atoms with E-state index in [9.17, 15) is 14.0 Å². The van der Waals surface area contributed by atoms with E-state index in [1.807, 2.05) is 0 Å². The van der Waals surface area contributed by atoms with Crippen LogP contribution < -0.4 is 5.56 Å². The van der Waals surface area contributed by atoms with Gasteiger partial charge in [-0.25, -0.2) is 4.39 Å². The lowest BCUT2D eigenvalue weighted by Crippen LogP contribution is -2.29. The van der Waals surface area contributed by atoms with Crippen LogP contribution >= 0.6 is 12.4 Å². The van der Waals surface area contributed by atoms with Crippen LogP contribution in [0.3, 0.4) is 0 Å². The lowest BCUT2D eigenvalue weighted by atomic mass is 10.1. The third kappa shape index (κ3) is 2.82. The molecule has 0 atom stereocenters. The molecule has 4 rings (SSSR count). The molecule has 3 heterocycles. The van der Waals surface area contributed by atoms with Crippen molar-refractivity contribution < 1.29 is 9.18 Å². The fourth-order valence-electron chi connectivity index (χ4n) is 3.22. The van der Waals surface area contributed by atoms with Crippen LogP contribution in [0.2, 0.25) is 0 Å². The highest BCUT2D eigenvalue weighted by molar-refractivity contribution is 6.16. The van der Waals surface area contributed by atoms with Gasteiger partial charge in [-0.2, -0.15) is 9.78 Å². The highest BCUT2D eigenvalue weighted by atomic mass is 35.5. The van der Waals surface area contributed by atoms with Crippen molar-refractivity contribution in [1.29, 1.82) is 0 Å². The van der Waals surface area contributed by atoms with E-state index >= 15 is 0 Å². The molecule has 7 nitrogen and oxygen atoms in total. The number of aromatic nitrogens is 4. The van der Waals surface area contributed by atoms with Crippen LogP contribution in [0, 0.1) is 5.82 Å². The highest BCUT2D eigenvalue weighted by Gasteiger charge is 2.24. The van der Waals surface area contributed by atoms with E-state index in [2.05, 4.69) is 10.1 Å². The van der Waals surface area contributed by atoms with E-state index in [1.165, 1.54) is 34.1 Å². The number of amides is 1. The van der Waals surface area contributed by atoms with Gasteiger partial charge >= 0.3 is 0 Å². The van der Waals surface area contributed by atoms with E-state index in [4.69, 9.17) is 0 Å². The quantitative estimate of drug-likeness (QED) is 0.517. The molecule has 0 aliphatic carbocycles. The molecule has 0 saturated heterocycles. The van der Waals surface area contributed by atoms with Crippen molar-refractivity contribution in [3.05, 3.63) is 64.6 Å². The molecule has 0 bridgehead atoms. The van der Waals surface area contributed by atoms with Crippen molar-refractivity contribution in [2.45, 2.75) is 0 Å². The number of fused-ring (bicyclic) bond motifs is 3. The second-order valence-electron chi connectivity index (χ2n) is 6.41. The average Bonchev–Trinajstić information content (AvgIpc) is 2.95. The van der Waals surface area contributed by atoms with Gasteiger partial charge in [-0.3, -0.25) is 14.6 Å². The minimum Gasteiger partial charge on any atom is -0.343 e. The summed E-state index contributed by atoms with van der Waals surface area (Å²) < 4.78 is 16.6. The molecular weight excluding hydrogens is 385 g/mol. The van der Waals surface area contributed by atoms with Gasteiger partial charge in [0.1, 0.15) is 11.3 Å². The Morgan fingerprint density at radius 2 is 1.82 bits per heavy atom. The molecule has 0 spiro atoms. The number of pyridine rings is 1. The Balaban J connectivity index is 0.00000225. The summed E-state index contributed by atoms with van der Waals surface area (Å²) in [5.74, 6) is -0.768. The molecule has 0 radical (unpaired) electrons. The molecule has 3 aromatic heterocycles. The number of hydrogen-bond donors (Lipinski definition) is 0. The molecule has 28 heavy (non-hydrogen) atoms. The van der Waals surface area contributed by atoms with Gasteiger partial charge in [0.25, 0.3) is 11.5 Å². The monoisotopic (exact) mass is 401 g/mol. The Kier molecular flexibility index (Phi) is 4.91. The summed E-state index contributed by atoms with van der Waals surface area (Å²) in [4.78, 5) is 31.4. The average molecular weight is 402 g/mol. The van der Waals surface area contributed by atoms with E-state index in [1.54, 1.807) is 43.9 Å². The topological polar surface area (TPSA) is 73.0 Å². The van der Waals surface area contributed by atoms with Crippen LogP contribution in [0.25, 0.3) is 27.5 Å². The molecule has 1 aromatic carbocycles. The summed E-state index contributed by atoms with van der Waals surface area (Å²) in [5, 5.41) is 5.38. The molecule has 0 aliphatic heterocycles. The SMILES string of the molecule is CN(C)C(=O)c1nn(-c2ccncc2)c(=O)c2c1c1ccc(F)cc1n2C.Cl. The maximum atomic E-state index is 13.8. The number of carbonyl (C=O) groups excluding carboxylic acids is 1. The fourth-order valence-corrected chi connectivity index (χ4v) is 3.22. The van der Waals surface area contributed by atoms with Gasteiger partial charge in [0.15, 0.2) is 5.69 Å². The first kappa shape index (κ1) is 19.5. The van der Waals surface area contributed by atoms with Gasteiger partial charge in [-0.05, 0) is 30.3 Å². The molecular formula is C19H17ClFN5O2. The normalized spacial score (nSPS) is 10.9. The Labute approximate surface area is 165 Å². The van der Waals surface area contributed by atoms with Crippen LogP contribution in [0.4, 0.5) is 4.39 Å². The lowest BCUT2D eigenvalue weighted by molar-refractivity contribution is 0.0822. The number of carbonyl (C=O) groups is 1. The van der Waals surface area contributed by atoms with Gasteiger partial charge in [-0.1, -0.05) is 0 Å².